The average molecular weight is 254 g/mol. The van der Waals surface area contributed by atoms with Crippen LogP contribution in [0, 0.1) is 12.3 Å². The van der Waals surface area contributed by atoms with Gasteiger partial charge in [0, 0.05) is 17.3 Å². The molecule has 3 heteroatoms. The first-order chi connectivity index (χ1) is 7.81. The van der Waals surface area contributed by atoms with Crippen molar-refractivity contribution in [1.29, 1.82) is 0 Å². The summed E-state index contributed by atoms with van der Waals surface area (Å²) in [5.41, 5.74) is 1.42. The van der Waals surface area contributed by atoms with E-state index in [0.717, 1.165) is 23.7 Å². The van der Waals surface area contributed by atoms with Crippen LogP contribution in [0.25, 0.3) is 0 Å². The summed E-state index contributed by atoms with van der Waals surface area (Å²) in [6.45, 7) is 1.00. The Morgan fingerprint density at radius 1 is 1.62 bits per heavy atom. The molecule has 1 aliphatic rings. The monoisotopic (exact) mass is 253 g/mol. The van der Waals surface area contributed by atoms with Crippen LogP contribution in [-0.2, 0) is 6.42 Å². The fourth-order valence-corrected chi connectivity index (χ4v) is 3.58. The number of hydrogen-bond acceptors (Lipinski definition) is 2. The van der Waals surface area contributed by atoms with Gasteiger partial charge in [-0.2, -0.15) is 0 Å². The fourth-order valence-electron chi connectivity index (χ4n) is 2.20. The summed E-state index contributed by atoms with van der Waals surface area (Å²) in [6.07, 6.45) is 10.8. The number of unbranched alkanes of at least 4 members (excludes halogenated alkanes) is 1. The van der Waals surface area contributed by atoms with Gasteiger partial charge in [-0.3, -0.25) is 0 Å². The average Bonchev–Trinajstić information content (AvgIpc) is 2.65. The molecular weight excluding hydrogens is 238 g/mol. The van der Waals surface area contributed by atoms with Crippen molar-refractivity contribution in [2.45, 2.75) is 38.1 Å². The lowest BCUT2D eigenvalue weighted by atomic mass is 9.94. The molecule has 0 aromatic carbocycles. The van der Waals surface area contributed by atoms with E-state index in [0.29, 0.717) is 6.04 Å². The Morgan fingerprint density at radius 2 is 2.50 bits per heavy atom. The van der Waals surface area contributed by atoms with E-state index in [1.165, 1.54) is 29.7 Å². The lowest BCUT2D eigenvalue weighted by Crippen LogP contribution is -2.25. The summed E-state index contributed by atoms with van der Waals surface area (Å²) < 4.78 is 0.919. The molecule has 0 saturated carbocycles. The van der Waals surface area contributed by atoms with Crippen LogP contribution >= 0.6 is 22.9 Å². The summed E-state index contributed by atoms with van der Waals surface area (Å²) >= 11 is 7.79. The molecule has 0 saturated heterocycles. The normalized spacial score (nSPS) is 19.1. The first-order valence-corrected chi connectivity index (χ1v) is 6.95. The van der Waals surface area contributed by atoms with Crippen molar-refractivity contribution in [2.75, 3.05) is 6.54 Å². The first kappa shape index (κ1) is 12.0. The van der Waals surface area contributed by atoms with E-state index < -0.39 is 0 Å². The van der Waals surface area contributed by atoms with Crippen molar-refractivity contribution in [3.8, 4) is 12.3 Å². The molecule has 0 aliphatic heterocycles. The Labute approximate surface area is 106 Å². The van der Waals surface area contributed by atoms with E-state index in [1.807, 2.05) is 0 Å². The van der Waals surface area contributed by atoms with Crippen molar-refractivity contribution in [2.24, 2.45) is 0 Å². The highest BCUT2D eigenvalue weighted by Gasteiger charge is 2.21. The fraction of sp³-hybridized carbons (Fsp3) is 0.538. The number of aryl methyl sites for hydroxylation is 1. The molecule has 1 atom stereocenters. The molecular formula is C13H16ClNS. The van der Waals surface area contributed by atoms with Gasteiger partial charge in [0.25, 0.3) is 0 Å². The van der Waals surface area contributed by atoms with Crippen molar-refractivity contribution in [3.05, 3.63) is 20.8 Å². The van der Waals surface area contributed by atoms with Gasteiger partial charge in [0.1, 0.15) is 0 Å². The number of fused-ring (bicyclic) bond motifs is 1. The minimum Gasteiger partial charge on any atom is -0.310 e. The molecule has 1 heterocycles. The SMILES string of the molecule is C#CCCCNC1CCCc2sc(Cl)cc21. The third kappa shape index (κ3) is 2.79. The Kier molecular flexibility index (Phi) is 4.29. The number of rotatable bonds is 4. The van der Waals surface area contributed by atoms with Crippen molar-refractivity contribution in [3.63, 3.8) is 0 Å². The Hall–Kier alpha value is -0.490. The van der Waals surface area contributed by atoms with Crippen LogP contribution in [0.2, 0.25) is 4.34 Å². The first-order valence-electron chi connectivity index (χ1n) is 5.76. The summed E-state index contributed by atoms with van der Waals surface area (Å²) in [5.74, 6) is 2.67. The van der Waals surface area contributed by atoms with Crippen LogP contribution in [0.4, 0.5) is 0 Å². The Morgan fingerprint density at radius 3 is 3.31 bits per heavy atom. The van der Waals surface area contributed by atoms with E-state index in [2.05, 4.69) is 17.3 Å². The van der Waals surface area contributed by atoms with Gasteiger partial charge in [-0.25, -0.2) is 0 Å². The van der Waals surface area contributed by atoms with Crippen LogP contribution in [0.5, 0.6) is 0 Å². The van der Waals surface area contributed by atoms with E-state index >= 15 is 0 Å². The number of thiophene rings is 1. The highest BCUT2D eigenvalue weighted by atomic mass is 35.5. The number of terminal acetylenes is 1. The van der Waals surface area contributed by atoms with Gasteiger partial charge in [0.2, 0.25) is 0 Å². The highest BCUT2D eigenvalue weighted by Crippen LogP contribution is 2.37. The van der Waals surface area contributed by atoms with Gasteiger partial charge in [-0.05, 0) is 43.9 Å². The van der Waals surface area contributed by atoms with Gasteiger partial charge in [-0.15, -0.1) is 23.7 Å². The van der Waals surface area contributed by atoms with Crippen molar-refractivity contribution in [1.82, 2.24) is 5.32 Å². The van der Waals surface area contributed by atoms with Crippen LogP contribution < -0.4 is 5.32 Å². The maximum Gasteiger partial charge on any atom is 0.0934 e. The molecule has 1 aromatic rings. The summed E-state index contributed by atoms with van der Waals surface area (Å²) in [4.78, 5) is 1.46. The van der Waals surface area contributed by atoms with Gasteiger partial charge in [0.15, 0.2) is 0 Å². The largest absolute Gasteiger partial charge is 0.310 e. The molecule has 0 spiro atoms. The number of nitrogens with one attached hydrogen (secondary N) is 1. The molecule has 0 fully saturated rings. The van der Waals surface area contributed by atoms with Crippen LogP contribution in [0.15, 0.2) is 6.07 Å². The van der Waals surface area contributed by atoms with Crippen molar-refractivity contribution >= 4 is 22.9 Å². The minimum atomic E-state index is 0.491. The van der Waals surface area contributed by atoms with Crippen LogP contribution in [0.3, 0.4) is 0 Å². The van der Waals surface area contributed by atoms with Crippen LogP contribution in [-0.4, -0.2) is 6.54 Å². The lowest BCUT2D eigenvalue weighted by molar-refractivity contribution is 0.461. The number of halogens is 1. The van der Waals surface area contributed by atoms with Crippen molar-refractivity contribution < 1.29 is 0 Å². The number of hydrogen-bond donors (Lipinski definition) is 1. The molecule has 1 aliphatic carbocycles. The highest BCUT2D eigenvalue weighted by molar-refractivity contribution is 7.16. The quantitative estimate of drug-likeness (QED) is 0.636. The topological polar surface area (TPSA) is 12.0 Å². The van der Waals surface area contributed by atoms with E-state index in [9.17, 15) is 0 Å². The second-order valence-electron chi connectivity index (χ2n) is 4.14. The predicted molar refractivity (Wildman–Crippen MR) is 71.1 cm³/mol. The van der Waals surface area contributed by atoms with Gasteiger partial charge < -0.3 is 5.32 Å². The third-order valence-electron chi connectivity index (χ3n) is 2.97. The third-order valence-corrected chi connectivity index (χ3v) is 4.31. The molecule has 1 aromatic heterocycles. The molecule has 0 bridgehead atoms. The molecule has 0 radical (unpaired) electrons. The summed E-state index contributed by atoms with van der Waals surface area (Å²) in [6, 6.07) is 2.62. The predicted octanol–water partition coefficient (Wildman–Crippen LogP) is 3.78. The molecule has 1 N–H and O–H groups in total. The lowest BCUT2D eigenvalue weighted by Gasteiger charge is -2.23. The summed E-state index contributed by atoms with van der Waals surface area (Å²) in [7, 11) is 0. The molecule has 2 rings (SSSR count). The molecule has 16 heavy (non-hydrogen) atoms. The summed E-state index contributed by atoms with van der Waals surface area (Å²) in [5, 5.41) is 3.58. The van der Waals surface area contributed by atoms with E-state index in [-0.39, 0.29) is 0 Å². The molecule has 0 amide bonds. The second kappa shape index (κ2) is 5.72. The van der Waals surface area contributed by atoms with E-state index in [4.69, 9.17) is 18.0 Å². The van der Waals surface area contributed by atoms with Gasteiger partial charge >= 0.3 is 0 Å². The van der Waals surface area contributed by atoms with Crippen LogP contribution in [0.1, 0.15) is 42.2 Å². The molecule has 1 nitrogen and oxygen atoms in total. The zero-order valence-corrected chi connectivity index (χ0v) is 10.8. The van der Waals surface area contributed by atoms with E-state index in [1.54, 1.807) is 11.3 Å². The zero-order chi connectivity index (χ0) is 11.4. The molecule has 86 valence electrons. The minimum absolute atomic E-state index is 0.491. The Balaban J connectivity index is 1.94. The van der Waals surface area contributed by atoms with Gasteiger partial charge in [-0.1, -0.05) is 11.6 Å². The maximum absolute atomic E-state index is 6.06. The second-order valence-corrected chi connectivity index (χ2v) is 5.90. The maximum atomic E-state index is 6.06. The standard InChI is InChI=1S/C13H16ClNS/c1-2-3-4-8-15-11-6-5-7-12-10(11)9-13(14)16-12/h1,9,11,15H,3-8H2. The Bertz CT molecular complexity index is 391. The molecule has 1 unspecified atom stereocenters. The smallest absolute Gasteiger partial charge is 0.0934 e. The van der Waals surface area contributed by atoms with Gasteiger partial charge in [0.05, 0.1) is 4.34 Å². The zero-order valence-electron chi connectivity index (χ0n) is 9.26.